The van der Waals surface area contributed by atoms with E-state index >= 15 is 0 Å². The molecule has 2 aromatic carbocycles. The molecular formula is C26H25F5N4O6. The van der Waals surface area contributed by atoms with E-state index < -0.39 is 66.7 Å². The number of anilines is 2. The molecule has 2 N–H and O–H groups in total. The Kier molecular flexibility index (Phi) is 8.99. The van der Waals surface area contributed by atoms with Gasteiger partial charge in [0.2, 0.25) is 11.8 Å². The van der Waals surface area contributed by atoms with E-state index in [0.29, 0.717) is 0 Å². The minimum atomic E-state index is -5.91. The maximum atomic E-state index is 13.6. The van der Waals surface area contributed by atoms with Crippen LogP contribution in [0.2, 0.25) is 0 Å². The van der Waals surface area contributed by atoms with Crippen molar-refractivity contribution < 1.29 is 50.7 Å². The number of likely N-dealkylation sites (N-methyl/N-ethyl adjacent to an activating group) is 1. The summed E-state index contributed by atoms with van der Waals surface area (Å²) in [5.74, 6) is -11.7. The Bertz CT molecular complexity index is 1370. The van der Waals surface area contributed by atoms with Crippen molar-refractivity contribution in [3.8, 4) is 0 Å². The van der Waals surface area contributed by atoms with Crippen molar-refractivity contribution in [2.24, 2.45) is 5.92 Å². The second kappa shape index (κ2) is 11.9. The largest absolute Gasteiger partial charge is 0.465 e. The lowest BCUT2D eigenvalue weighted by molar-refractivity contribution is -0.278. The molecule has 2 unspecified atom stereocenters. The molecule has 1 aliphatic heterocycles. The number of nitrogens with one attached hydrogen (secondary N) is 2. The molecule has 15 heteroatoms. The van der Waals surface area contributed by atoms with Crippen LogP contribution < -0.4 is 20.4 Å². The van der Waals surface area contributed by atoms with Crippen LogP contribution in [0, 0.1) is 5.92 Å². The summed E-state index contributed by atoms with van der Waals surface area (Å²) in [6.07, 6.45) is -5.91. The first kappa shape index (κ1) is 31.0. The van der Waals surface area contributed by atoms with E-state index in [1.807, 2.05) is 0 Å². The number of alkyl halides is 5. The van der Waals surface area contributed by atoms with Crippen molar-refractivity contribution in [1.82, 2.24) is 10.6 Å². The Labute approximate surface area is 230 Å². The van der Waals surface area contributed by atoms with Gasteiger partial charge in [-0.25, -0.2) is 4.79 Å². The fourth-order valence-corrected chi connectivity index (χ4v) is 3.91. The molecule has 220 valence electrons. The van der Waals surface area contributed by atoms with Crippen molar-refractivity contribution in [2.75, 3.05) is 37.0 Å². The number of amides is 4. The second-order valence-corrected chi connectivity index (χ2v) is 9.08. The minimum Gasteiger partial charge on any atom is -0.465 e. The zero-order valence-electron chi connectivity index (χ0n) is 21.9. The summed E-state index contributed by atoms with van der Waals surface area (Å²) < 4.78 is 68.3. The van der Waals surface area contributed by atoms with Gasteiger partial charge < -0.3 is 25.2 Å². The SMILES string of the molecule is COC(=O)c1cccc(C(=O)N2CC(NC(=O)C(C)C(=O)NCC(F)(F)C(F)(F)F)C(=O)N(C)c3ccccc32)c1. The fraction of sp³-hybridized carbons (Fsp3) is 0.346. The number of halogens is 5. The maximum Gasteiger partial charge on any atom is 0.455 e. The van der Waals surface area contributed by atoms with Crippen molar-refractivity contribution in [3.05, 3.63) is 59.7 Å². The summed E-state index contributed by atoms with van der Waals surface area (Å²) in [5, 5.41) is 3.68. The van der Waals surface area contributed by atoms with Crippen LogP contribution in [0.5, 0.6) is 0 Å². The molecule has 0 saturated heterocycles. The van der Waals surface area contributed by atoms with E-state index in [2.05, 4.69) is 10.1 Å². The third-order valence-corrected chi connectivity index (χ3v) is 6.31. The summed E-state index contributed by atoms with van der Waals surface area (Å²) in [6.45, 7) is -1.58. The zero-order valence-corrected chi connectivity index (χ0v) is 21.9. The normalized spacial score (nSPS) is 16.3. The molecular weight excluding hydrogens is 559 g/mol. The summed E-state index contributed by atoms with van der Waals surface area (Å²) in [4.78, 5) is 66.2. The number of fused-ring (bicyclic) bond motifs is 1. The van der Waals surface area contributed by atoms with Gasteiger partial charge in [0.05, 0.1) is 37.1 Å². The molecule has 2 atom stereocenters. The predicted molar refractivity (Wildman–Crippen MR) is 134 cm³/mol. The van der Waals surface area contributed by atoms with Crippen LogP contribution in [-0.2, 0) is 19.1 Å². The summed E-state index contributed by atoms with van der Waals surface area (Å²) >= 11 is 0. The smallest absolute Gasteiger partial charge is 0.455 e. The van der Waals surface area contributed by atoms with Crippen LogP contribution in [0.25, 0.3) is 0 Å². The quantitative estimate of drug-likeness (QED) is 0.293. The Balaban J connectivity index is 1.87. The average Bonchev–Trinajstić information content (AvgIpc) is 3.04. The van der Waals surface area contributed by atoms with E-state index in [1.54, 1.807) is 24.3 Å². The van der Waals surface area contributed by atoms with Crippen LogP contribution in [-0.4, -0.2) is 75.0 Å². The summed E-state index contributed by atoms with van der Waals surface area (Å²) in [5.41, 5.74) is 0.680. The van der Waals surface area contributed by atoms with Crippen molar-refractivity contribution in [1.29, 1.82) is 0 Å². The van der Waals surface area contributed by atoms with Crippen molar-refractivity contribution in [3.63, 3.8) is 0 Å². The van der Waals surface area contributed by atoms with Gasteiger partial charge in [-0.3, -0.25) is 19.2 Å². The lowest BCUT2D eigenvalue weighted by Crippen LogP contribution is -2.55. The first-order chi connectivity index (χ1) is 19.1. The topological polar surface area (TPSA) is 125 Å². The van der Waals surface area contributed by atoms with E-state index in [4.69, 9.17) is 0 Å². The molecule has 0 spiro atoms. The Morgan fingerprint density at radius 3 is 2.20 bits per heavy atom. The zero-order chi connectivity index (χ0) is 30.7. The highest BCUT2D eigenvalue weighted by Gasteiger charge is 2.57. The van der Waals surface area contributed by atoms with Crippen LogP contribution in [0.15, 0.2) is 48.5 Å². The molecule has 0 saturated carbocycles. The van der Waals surface area contributed by atoms with Crippen molar-refractivity contribution >= 4 is 41.0 Å². The molecule has 1 aliphatic rings. The Hall–Kier alpha value is -4.56. The number of benzene rings is 2. The molecule has 3 rings (SSSR count). The highest BCUT2D eigenvalue weighted by atomic mass is 19.4. The molecule has 4 amide bonds. The van der Waals surface area contributed by atoms with Crippen LogP contribution >= 0.6 is 0 Å². The molecule has 2 aromatic rings. The van der Waals surface area contributed by atoms with Gasteiger partial charge in [-0.1, -0.05) is 18.2 Å². The van der Waals surface area contributed by atoms with Gasteiger partial charge in [0.1, 0.15) is 12.0 Å². The van der Waals surface area contributed by atoms with Gasteiger partial charge in [0, 0.05) is 12.6 Å². The number of para-hydroxylation sites is 2. The number of hydrogen-bond acceptors (Lipinski definition) is 6. The van der Waals surface area contributed by atoms with Crippen LogP contribution in [0.1, 0.15) is 27.6 Å². The predicted octanol–water partition coefficient (Wildman–Crippen LogP) is 2.53. The first-order valence-electron chi connectivity index (χ1n) is 12.0. The van der Waals surface area contributed by atoms with E-state index in [0.717, 1.165) is 11.8 Å². The molecule has 0 radical (unpaired) electrons. The number of carbonyl (C=O) groups is 5. The molecule has 41 heavy (non-hydrogen) atoms. The minimum absolute atomic E-state index is 0.0446. The molecule has 10 nitrogen and oxygen atoms in total. The summed E-state index contributed by atoms with van der Waals surface area (Å²) in [6, 6.07) is 10.4. The molecule has 0 aliphatic carbocycles. The number of esters is 1. The van der Waals surface area contributed by atoms with E-state index in [9.17, 15) is 45.9 Å². The summed E-state index contributed by atoms with van der Waals surface area (Å²) in [7, 11) is 2.54. The van der Waals surface area contributed by atoms with Crippen LogP contribution in [0.3, 0.4) is 0 Å². The first-order valence-corrected chi connectivity index (χ1v) is 12.0. The van der Waals surface area contributed by atoms with Gasteiger partial charge >= 0.3 is 18.1 Å². The lowest BCUT2D eigenvalue weighted by atomic mass is 10.1. The Morgan fingerprint density at radius 2 is 1.59 bits per heavy atom. The van der Waals surface area contributed by atoms with Gasteiger partial charge in [-0.15, -0.1) is 0 Å². The standard InChI is InChI=1S/C26H25F5N4O6/c1-14(20(36)32-13-25(27,28)26(29,30)31)21(37)33-17-12-35(19-10-5-4-9-18(19)34(2)23(17)39)22(38)15-7-6-8-16(11-15)24(40)41-3/h4-11,14,17H,12-13H2,1-3H3,(H,32,36)(H,33,37). The molecule has 0 bridgehead atoms. The number of carbonyl (C=O) groups excluding carboxylic acids is 5. The van der Waals surface area contributed by atoms with Gasteiger partial charge in [-0.2, -0.15) is 22.0 Å². The number of rotatable bonds is 7. The highest BCUT2D eigenvalue weighted by Crippen LogP contribution is 2.35. The second-order valence-electron chi connectivity index (χ2n) is 9.08. The van der Waals surface area contributed by atoms with Gasteiger partial charge in [0.15, 0.2) is 0 Å². The molecule has 1 heterocycles. The van der Waals surface area contributed by atoms with Crippen LogP contribution in [0.4, 0.5) is 33.3 Å². The number of hydrogen-bond donors (Lipinski definition) is 2. The van der Waals surface area contributed by atoms with E-state index in [-0.39, 0.29) is 22.5 Å². The number of nitrogens with zero attached hydrogens (tertiary/aromatic N) is 2. The van der Waals surface area contributed by atoms with Crippen molar-refractivity contribution in [2.45, 2.75) is 25.1 Å². The maximum absolute atomic E-state index is 13.6. The number of ether oxygens (including phenoxy) is 1. The Morgan fingerprint density at radius 1 is 0.976 bits per heavy atom. The monoisotopic (exact) mass is 584 g/mol. The van der Waals surface area contributed by atoms with E-state index in [1.165, 1.54) is 48.6 Å². The lowest BCUT2D eigenvalue weighted by Gasteiger charge is -2.26. The third kappa shape index (κ3) is 6.61. The highest BCUT2D eigenvalue weighted by molar-refractivity contribution is 6.13. The van der Waals surface area contributed by atoms with Gasteiger partial charge in [-0.05, 0) is 37.3 Å². The number of methoxy groups -OCH3 is 1. The fourth-order valence-electron chi connectivity index (χ4n) is 3.91. The van der Waals surface area contributed by atoms with Gasteiger partial charge in [0.25, 0.3) is 11.8 Å². The third-order valence-electron chi connectivity index (χ3n) is 6.31. The average molecular weight is 584 g/mol. The molecule has 0 aromatic heterocycles. The molecule has 0 fully saturated rings.